The van der Waals surface area contributed by atoms with Gasteiger partial charge in [-0.05, 0) is 43.7 Å². The molecule has 0 aliphatic heterocycles. The number of aromatic amines is 1. The molecule has 1 aromatic carbocycles. The first-order valence-electron chi connectivity index (χ1n) is 10.1. The van der Waals surface area contributed by atoms with Crippen molar-refractivity contribution < 1.29 is 4.79 Å². The molecule has 3 aromatic rings. The summed E-state index contributed by atoms with van der Waals surface area (Å²) in [5.41, 5.74) is 8.70. The van der Waals surface area contributed by atoms with Crippen LogP contribution in [-0.4, -0.2) is 30.7 Å². The van der Waals surface area contributed by atoms with E-state index in [1.165, 1.54) is 0 Å². The second-order valence-electron chi connectivity index (χ2n) is 7.14. The van der Waals surface area contributed by atoms with E-state index in [2.05, 4.69) is 20.3 Å². The Hall–Kier alpha value is -3.22. The zero-order chi connectivity index (χ0) is 20.3. The molecule has 0 aliphatic carbocycles. The van der Waals surface area contributed by atoms with Gasteiger partial charge in [0.25, 0.3) is 0 Å². The molecule has 3 rings (SSSR count). The molecule has 2 heterocycles. The molecule has 0 bridgehead atoms. The second-order valence-corrected chi connectivity index (χ2v) is 7.14. The molecule has 7 nitrogen and oxygen atoms in total. The number of unbranched alkanes of at least 4 members (excludes halogenated alkanes) is 2. The second kappa shape index (κ2) is 10.9. The lowest BCUT2D eigenvalue weighted by atomic mass is 10.1. The standard InChI is InChI=1S/C22H28N6O/c23-22-24-16-19(25-22)10-5-2-6-11-20-17-28(27-26-20)15-7-12-21(29)14-13-18-8-3-1-4-9-18/h1,3-4,8-9,13-14,16-17H,2,5-7,10-12,15H2,(H3,23,24,25)/b14-13+. The highest BCUT2D eigenvalue weighted by molar-refractivity contribution is 5.93. The normalized spacial score (nSPS) is 11.3. The Bertz CT molecular complexity index is 912. The Morgan fingerprint density at radius 3 is 2.72 bits per heavy atom. The van der Waals surface area contributed by atoms with Crippen molar-refractivity contribution in [2.45, 2.75) is 51.5 Å². The van der Waals surface area contributed by atoms with Crippen LogP contribution in [0.2, 0.25) is 0 Å². The lowest BCUT2D eigenvalue weighted by molar-refractivity contribution is -0.114. The molecule has 0 saturated carbocycles. The molecule has 0 saturated heterocycles. The predicted octanol–water partition coefficient (Wildman–Crippen LogP) is 3.60. The fourth-order valence-electron chi connectivity index (χ4n) is 3.12. The van der Waals surface area contributed by atoms with Gasteiger partial charge in [0.1, 0.15) is 0 Å². The molecule has 7 heteroatoms. The number of aromatic nitrogens is 5. The number of imidazole rings is 1. The van der Waals surface area contributed by atoms with E-state index in [4.69, 9.17) is 5.73 Å². The Balaban J connectivity index is 1.28. The number of benzene rings is 1. The van der Waals surface area contributed by atoms with Crippen LogP contribution in [0.5, 0.6) is 0 Å². The molecule has 2 aromatic heterocycles. The summed E-state index contributed by atoms with van der Waals surface area (Å²) >= 11 is 0. The number of hydrogen-bond acceptors (Lipinski definition) is 5. The Kier molecular flexibility index (Phi) is 7.74. The number of hydrogen-bond donors (Lipinski definition) is 2. The average molecular weight is 393 g/mol. The first kappa shape index (κ1) is 20.5. The summed E-state index contributed by atoms with van der Waals surface area (Å²) in [6, 6.07) is 9.84. The molecule has 0 unspecified atom stereocenters. The summed E-state index contributed by atoms with van der Waals surface area (Å²) in [5, 5.41) is 8.40. The molecule has 0 radical (unpaired) electrons. The van der Waals surface area contributed by atoms with Gasteiger partial charge in [0.2, 0.25) is 0 Å². The van der Waals surface area contributed by atoms with Crippen LogP contribution in [0.25, 0.3) is 6.08 Å². The largest absolute Gasteiger partial charge is 0.369 e. The number of anilines is 1. The van der Waals surface area contributed by atoms with Crippen molar-refractivity contribution in [1.82, 2.24) is 25.0 Å². The number of ketones is 1. The summed E-state index contributed by atoms with van der Waals surface area (Å²) in [4.78, 5) is 19.0. The maximum Gasteiger partial charge on any atom is 0.197 e. The van der Waals surface area contributed by atoms with Gasteiger partial charge in [0, 0.05) is 24.9 Å². The van der Waals surface area contributed by atoms with Crippen molar-refractivity contribution in [1.29, 1.82) is 0 Å². The monoisotopic (exact) mass is 392 g/mol. The van der Waals surface area contributed by atoms with Crippen molar-refractivity contribution in [3.63, 3.8) is 0 Å². The van der Waals surface area contributed by atoms with Crippen LogP contribution in [0.1, 0.15) is 49.1 Å². The van der Waals surface area contributed by atoms with Gasteiger partial charge in [0.15, 0.2) is 11.7 Å². The quantitative estimate of drug-likeness (QED) is 0.362. The summed E-state index contributed by atoms with van der Waals surface area (Å²) in [5.74, 6) is 0.610. The van der Waals surface area contributed by atoms with Gasteiger partial charge in [-0.3, -0.25) is 9.48 Å². The third-order valence-electron chi connectivity index (χ3n) is 4.68. The Labute approximate surface area is 171 Å². The molecule has 29 heavy (non-hydrogen) atoms. The maximum atomic E-state index is 12.0. The van der Waals surface area contributed by atoms with Crippen molar-refractivity contribution in [2.75, 3.05) is 5.73 Å². The fourth-order valence-corrected chi connectivity index (χ4v) is 3.12. The minimum atomic E-state index is 0.133. The molecular formula is C22H28N6O. The number of nitrogen functional groups attached to an aromatic ring is 1. The molecule has 0 atom stereocenters. The highest BCUT2D eigenvalue weighted by Gasteiger charge is 2.03. The van der Waals surface area contributed by atoms with Crippen molar-refractivity contribution in [2.24, 2.45) is 0 Å². The van der Waals surface area contributed by atoms with E-state index in [1.54, 1.807) is 12.3 Å². The molecule has 152 valence electrons. The maximum absolute atomic E-state index is 12.0. The third kappa shape index (κ3) is 7.37. The number of allylic oxidation sites excluding steroid dienone is 1. The highest BCUT2D eigenvalue weighted by Crippen LogP contribution is 2.09. The van der Waals surface area contributed by atoms with E-state index in [0.29, 0.717) is 18.9 Å². The van der Waals surface area contributed by atoms with E-state index in [0.717, 1.165) is 55.5 Å². The van der Waals surface area contributed by atoms with E-state index in [1.807, 2.05) is 47.3 Å². The number of H-pyrrole nitrogens is 1. The number of rotatable bonds is 12. The van der Waals surface area contributed by atoms with Crippen LogP contribution in [-0.2, 0) is 24.2 Å². The van der Waals surface area contributed by atoms with Gasteiger partial charge >= 0.3 is 0 Å². The molecule has 0 spiro atoms. The molecule has 0 aliphatic rings. The molecule has 0 fully saturated rings. The number of carbonyl (C=O) groups excluding carboxylic acids is 1. The van der Waals surface area contributed by atoms with Crippen LogP contribution >= 0.6 is 0 Å². The summed E-state index contributed by atoms with van der Waals surface area (Å²) in [6.45, 7) is 0.708. The first-order valence-corrected chi connectivity index (χ1v) is 10.1. The molecular weight excluding hydrogens is 364 g/mol. The zero-order valence-corrected chi connectivity index (χ0v) is 16.6. The summed E-state index contributed by atoms with van der Waals surface area (Å²) in [6.07, 6.45) is 13.7. The van der Waals surface area contributed by atoms with E-state index >= 15 is 0 Å². The molecule has 0 amide bonds. The van der Waals surface area contributed by atoms with E-state index < -0.39 is 0 Å². The van der Waals surface area contributed by atoms with Crippen molar-refractivity contribution in [3.8, 4) is 0 Å². The minimum Gasteiger partial charge on any atom is -0.369 e. The first-order chi connectivity index (χ1) is 14.2. The van der Waals surface area contributed by atoms with Gasteiger partial charge in [0.05, 0.1) is 11.9 Å². The highest BCUT2D eigenvalue weighted by atomic mass is 16.1. The van der Waals surface area contributed by atoms with Crippen LogP contribution in [0, 0.1) is 0 Å². The van der Waals surface area contributed by atoms with Gasteiger partial charge in [-0.15, -0.1) is 5.10 Å². The summed E-state index contributed by atoms with van der Waals surface area (Å²) < 4.78 is 1.83. The lowest BCUT2D eigenvalue weighted by Gasteiger charge is -1.99. The SMILES string of the molecule is Nc1ncc(CCCCCc2cn(CCCC(=O)/C=C/c3ccccc3)nn2)[nH]1. The zero-order valence-electron chi connectivity index (χ0n) is 16.6. The van der Waals surface area contributed by atoms with Crippen LogP contribution in [0.15, 0.2) is 48.8 Å². The number of nitrogens with two attached hydrogens (primary N) is 1. The number of aryl methyl sites for hydroxylation is 3. The Morgan fingerprint density at radius 2 is 1.93 bits per heavy atom. The molecule has 3 N–H and O–H groups in total. The topological polar surface area (TPSA) is 102 Å². The predicted molar refractivity (Wildman–Crippen MR) is 114 cm³/mol. The third-order valence-corrected chi connectivity index (χ3v) is 4.68. The fraction of sp³-hybridized carbons (Fsp3) is 0.364. The number of nitrogens with one attached hydrogen (secondary N) is 1. The van der Waals surface area contributed by atoms with Gasteiger partial charge in [-0.2, -0.15) is 0 Å². The van der Waals surface area contributed by atoms with Gasteiger partial charge in [-0.25, -0.2) is 4.98 Å². The van der Waals surface area contributed by atoms with Crippen LogP contribution < -0.4 is 5.73 Å². The van der Waals surface area contributed by atoms with Gasteiger partial charge in [-0.1, -0.05) is 48.0 Å². The lowest BCUT2D eigenvalue weighted by Crippen LogP contribution is -2.01. The minimum absolute atomic E-state index is 0.133. The van der Waals surface area contributed by atoms with Crippen molar-refractivity contribution in [3.05, 3.63) is 65.8 Å². The smallest absolute Gasteiger partial charge is 0.197 e. The Morgan fingerprint density at radius 1 is 1.10 bits per heavy atom. The van der Waals surface area contributed by atoms with Crippen molar-refractivity contribution >= 4 is 17.8 Å². The van der Waals surface area contributed by atoms with Crippen LogP contribution in [0.3, 0.4) is 0 Å². The van der Waals surface area contributed by atoms with Crippen LogP contribution in [0.4, 0.5) is 5.95 Å². The van der Waals surface area contributed by atoms with E-state index in [9.17, 15) is 4.79 Å². The number of carbonyl (C=O) groups is 1. The van der Waals surface area contributed by atoms with E-state index in [-0.39, 0.29) is 5.78 Å². The number of nitrogens with zero attached hydrogens (tertiary/aromatic N) is 4. The summed E-state index contributed by atoms with van der Waals surface area (Å²) in [7, 11) is 0. The van der Waals surface area contributed by atoms with Gasteiger partial charge < -0.3 is 10.7 Å². The average Bonchev–Trinajstić information content (AvgIpc) is 3.36.